The van der Waals surface area contributed by atoms with Gasteiger partial charge < -0.3 is 15.3 Å². The number of rotatable bonds is 4. The molecule has 0 heterocycles. The number of hydrogen-bond donors (Lipinski definition) is 3. The van der Waals surface area contributed by atoms with Gasteiger partial charge in [0.1, 0.15) is 0 Å². The minimum Gasteiger partial charge on any atom is -0.396 e. The highest BCUT2D eigenvalue weighted by Crippen LogP contribution is 2.13. The second kappa shape index (κ2) is 4.66. The molecular weight excluding hydrogens is 132 g/mol. The molecule has 0 aliphatic heterocycles. The van der Waals surface area contributed by atoms with E-state index in [1.165, 1.54) is 0 Å². The Morgan fingerprint density at radius 3 is 1.90 bits per heavy atom. The lowest BCUT2D eigenvalue weighted by Crippen LogP contribution is -2.28. The first kappa shape index (κ1) is 9.88. The average Bonchev–Trinajstić information content (AvgIpc) is 2.00. The van der Waals surface area contributed by atoms with Gasteiger partial charge in [0.15, 0.2) is 0 Å². The van der Waals surface area contributed by atoms with Crippen LogP contribution in [0.15, 0.2) is 0 Å². The van der Waals surface area contributed by atoms with E-state index in [4.69, 9.17) is 15.3 Å². The second-order valence-electron chi connectivity index (χ2n) is 2.77. The highest BCUT2D eigenvalue weighted by molar-refractivity contribution is 4.68. The molecule has 0 aromatic heterocycles. The molecule has 0 saturated carbocycles. The van der Waals surface area contributed by atoms with Gasteiger partial charge in [-0.3, -0.25) is 0 Å². The molecule has 0 aromatic carbocycles. The van der Waals surface area contributed by atoms with Crippen molar-refractivity contribution in [2.45, 2.75) is 20.0 Å². The molecule has 0 bridgehead atoms. The van der Waals surface area contributed by atoms with Gasteiger partial charge in [0.25, 0.3) is 0 Å². The topological polar surface area (TPSA) is 60.7 Å². The van der Waals surface area contributed by atoms with Crippen molar-refractivity contribution in [3.05, 3.63) is 0 Å². The molecule has 0 fully saturated rings. The highest BCUT2D eigenvalue weighted by atomic mass is 16.3. The van der Waals surface area contributed by atoms with Crippen LogP contribution in [0.1, 0.15) is 13.8 Å². The summed E-state index contributed by atoms with van der Waals surface area (Å²) in [6.45, 7) is 3.47. The maximum absolute atomic E-state index is 9.07. The van der Waals surface area contributed by atoms with Crippen LogP contribution in [0.25, 0.3) is 0 Å². The fraction of sp³-hybridized carbons (Fsp3) is 1.00. The van der Waals surface area contributed by atoms with Gasteiger partial charge in [-0.25, -0.2) is 0 Å². The molecule has 3 N–H and O–H groups in total. The highest BCUT2D eigenvalue weighted by Gasteiger charge is 2.18. The molecule has 0 spiro atoms. The van der Waals surface area contributed by atoms with Gasteiger partial charge in [0.05, 0.1) is 12.7 Å². The van der Waals surface area contributed by atoms with Crippen molar-refractivity contribution in [2.75, 3.05) is 13.2 Å². The molecule has 0 saturated heterocycles. The molecule has 0 rings (SSSR count). The van der Waals surface area contributed by atoms with E-state index in [-0.39, 0.29) is 25.0 Å². The summed E-state index contributed by atoms with van der Waals surface area (Å²) in [4.78, 5) is 0. The number of hydrogen-bond acceptors (Lipinski definition) is 3. The van der Waals surface area contributed by atoms with Crippen molar-refractivity contribution >= 4 is 0 Å². The van der Waals surface area contributed by atoms with Gasteiger partial charge in [0, 0.05) is 6.61 Å². The molecule has 62 valence electrons. The van der Waals surface area contributed by atoms with E-state index in [1.54, 1.807) is 0 Å². The van der Waals surface area contributed by atoms with E-state index in [1.807, 2.05) is 13.8 Å². The molecule has 3 heteroatoms. The first-order valence-corrected chi connectivity index (χ1v) is 3.53. The summed E-state index contributed by atoms with van der Waals surface area (Å²) in [6, 6.07) is 0. The zero-order valence-electron chi connectivity index (χ0n) is 6.49. The van der Waals surface area contributed by atoms with Crippen LogP contribution in [0, 0.1) is 11.8 Å². The van der Waals surface area contributed by atoms with Crippen molar-refractivity contribution in [1.82, 2.24) is 0 Å². The van der Waals surface area contributed by atoms with E-state index >= 15 is 0 Å². The Morgan fingerprint density at radius 2 is 1.60 bits per heavy atom. The zero-order valence-corrected chi connectivity index (χ0v) is 6.49. The Hall–Kier alpha value is -0.120. The Bertz CT molecular complexity index is 74.9. The van der Waals surface area contributed by atoms with E-state index in [0.29, 0.717) is 0 Å². The number of aliphatic hydroxyl groups excluding tert-OH is 3. The lowest BCUT2D eigenvalue weighted by atomic mass is 9.92. The summed E-state index contributed by atoms with van der Waals surface area (Å²) in [7, 11) is 0. The predicted octanol–water partition coefficient (Wildman–Crippen LogP) is -0.396. The van der Waals surface area contributed by atoms with Gasteiger partial charge in [-0.1, -0.05) is 13.8 Å². The maximum Gasteiger partial charge on any atom is 0.0799 e. The molecule has 0 radical (unpaired) electrons. The van der Waals surface area contributed by atoms with Gasteiger partial charge in [-0.2, -0.15) is 0 Å². The van der Waals surface area contributed by atoms with Gasteiger partial charge in [-0.15, -0.1) is 0 Å². The SMILES string of the molecule is CC(CO)C(C)C(O)CO. The Morgan fingerprint density at radius 1 is 1.10 bits per heavy atom. The van der Waals surface area contributed by atoms with Crippen molar-refractivity contribution < 1.29 is 15.3 Å². The first-order valence-electron chi connectivity index (χ1n) is 3.53. The zero-order chi connectivity index (χ0) is 8.15. The lowest BCUT2D eigenvalue weighted by Gasteiger charge is -2.21. The Balaban J connectivity index is 3.69. The second-order valence-corrected chi connectivity index (χ2v) is 2.77. The van der Waals surface area contributed by atoms with E-state index < -0.39 is 6.10 Å². The molecule has 0 aromatic rings. The third kappa shape index (κ3) is 2.64. The van der Waals surface area contributed by atoms with Crippen LogP contribution in [0.5, 0.6) is 0 Å². The summed E-state index contributed by atoms with van der Waals surface area (Å²) in [6.07, 6.45) is -0.706. The molecular formula is C7H16O3. The van der Waals surface area contributed by atoms with Crippen LogP contribution in [-0.2, 0) is 0 Å². The first-order chi connectivity index (χ1) is 4.63. The van der Waals surface area contributed by atoms with Crippen molar-refractivity contribution in [2.24, 2.45) is 11.8 Å². The van der Waals surface area contributed by atoms with E-state index in [0.717, 1.165) is 0 Å². The van der Waals surface area contributed by atoms with Crippen molar-refractivity contribution in [1.29, 1.82) is 0 Å². The fourth-order valence-corrected chi connectivity index (χ4v) is 0.712. The molecule has 3 nitrogen and oxygen atoms in total. The maximum atomic E-state index is 9.07. The minimum absolute atomic E-state index is 0.0437. The van der Waals surface area contributed by atoms with Crippen LogP contribution in [0.4, 0.5) is 0 Å². The minimum atomic E-state index is -0.706. The van der Waals surface area contributed by atoms with Crippen molar-refractivity contribution in [3.8, 4) is 0 Å². The Kier molecular flexibility index (Phi) is 4.60. The summed E-state index contributed by atoms with van der Waals surface area (Å²) in [5, 5.41) is 26.2. The van der Waals surface area contributed by atoms with E-state index in [9.17, 15) is 0 Å². The molecule has 10 heavy (non-hydrogen) atoms. The number of aliphatic hydroxyl groups is 3. The summed E-state index contributed by atoms with van der Waals surface area (Å²) in [5.74, 6) is -0.00264. The van der Waals surface area contributed by atoms with Gasteiger partial charge >= 0.3 is 0 Å². The average molecular weight is 148 g/mol. The third-order valence-electron chi connectivity index (χ3n) is 1.98. The van der Waals surface area contributed by atoms with Crippen LogP contribution < -0.4 is 0 Å². The van der Waals surface area contributed by atoms with Gasteiger partial charge in [-0.05, 0) is 11.8 Å². The third-order valence-corrected chi connectivity index (χ3v) is 1.98. The lowest BCUT2D eigenvalue weighted by molar-refractivity contribution is 0.0214. The summed E-state index contributed by atoms with van der Waals surface area (Å²) in [5.41, 5.74) is 0. The molecule has 0 aliphatic rings. The molecule has 0 aliphatic carbocycles. The smallest absolute Gasteiger partial charge is 0.0799 e. The normalized spacial score (nSPS) is 20.1. The summed E-state index contributed by atoms with van der Waals surface area (Å²) >= 11 is 0. The van der Waals surface area contributed by atoms with Crippen LogP contribution in [0.3, 0.4) is 0 Å². The summed E-state index contributed by atoms with van der Waals surface area (Å²) < 4.78 is 0. The molecule has 3 unspecified atom stereocenters. The van der Waals surface area contributed by atoms with Crippen LogP contribution >= 0.6 is 0 Å². The van der Waals surface area contributed by atoms with Crippen molar-refractivity contribution in [3.63, 3.8) is 0 Å². The van der Waals surface area contributed by atoms with E-state index in [2.05, 4.69) is 0 Å². The van der Waals surface area contributed by atoms with Gasteiger partial charge in [0.2, 0.25) is 0 Å². The molecule has 3 atom stereocenters. The largest absolute Gasteiger partial charge is 0.396 e. The predicted molar refractivity (Wildman–Crippen MR) is 38.5 cm³/mol. The molecule has 0 amide bonds. The Labute approximate surface area is 61.3 Å². The quantitative estimate of drug-likeness (QED) is 0.508. The fourth-order valence-electron chi connectivity index (χ4n) is 0.712. The van der Waals surface area contributed by atoms with Crippen LogP contribution in [-0.4, -0.2) is 34.6 Å². The van der Waals surface area contributed by atoms with Crippen LogP contribution in [0.2, 0.25) is 0 Å². The monoisotopic (exact) mass is 148 g/mol. The standard InChI is InChI=1S/C7H16O3/c1-5(3-8)6(2)7(10)4-9/h5-10H,3-4H2,1-2H3.